The van der Waals surface area contributed by atoms with Crippen LogP contribution in [0.2, 0.25) is 5.02 Å². The van der Waals surface area contributed by atoms with Gasteiger partial charge in [0.1, 0.15) is 11.9 Å². The second kappa shape index (κ2) is 6.93. The summed E-state index contributed by atoms with van der Waals surface area (Å²) in [6.07, 6.45) is 3.24. The summed E-state index contributed by atoms with van der Waals surface area (Å²) in [4.78, 5) is 0. The fourth-order valence-corrected chi connectivity index (χ4v) is 3.38. The molecule has 0 atom stereocenters. The van der Waals surface area contributed by atoms with Gasteiger partial charge in [-0.05, 0) is 63.0 Å². The molecule has 0 spiro atoms. The fourth-order valence-electron chi connectivity index (χ4n) is 3.11. The van der Waals surface area contributed by atoms with Gasteiger partial charge in [-0.2, -0.15) is 5.10 Å². The molecule has 0 saturated carbocycles. The average Bonchev–Trinajstić information content (AvgIpc) is 2.92. The molecule has 1 fully saturated rings. The topological polar surface area (TPSA) is 39.1 Å². The minimum atomic E-state index is 0.258. The molecule has 0 bridgehead atoms. The molecule has 1 aliphatic rings. The van der Waals surface area contributed by atoms with Crippen molar-refractivity contribution in [1.29, 1.82) is 0 Å². The highest BCUT2D eigenvalue weighted by Crippen LogP contribution is 2.37. The standard InChI is InChI=1S/C18H24ClN3O/c1-4-14-11-17(22(3)21-14)16-10-13(19)9-12(2)18(16)23-15-5-7-20-8-6-15/h9-11,15,20H,4-8H2,1-3H3. The van der Waals surface area contributed by atoms with Crippen LogP contribution in [0.3, 0.4) is 0 Å². The van der Waals surface area contributed by atoms with E-state index in [1.54, 1.807) is 0 Å². The summed E-state index contributed by atoms with van der Waals surface area (Å²) in [5.74, 6) is 0.937. The van der Waals surface area contributed by atoms with E-state index < -0.39 is 0 Å². The summed E-state index contributed by atoms with van der Waals surface area (Å²) in [5, 5.41) is 8.67. The first-order valence-electron chi connectivity index (χ1n) is 8.29. The maximum atomic E-state index is 6.38. The Labute approximate surface area is 142 Å². The highest BCUT2D eigenvalue weighted by atomic mass is 35.5. The summed E-state index contributed by atoms with van der Waals surface area (Å²) in [6.45, 7) is 6.20. The number of nitrogens with zero attached hydrogens (tertiary/aromatic N) is 2. The number of halogens is 1. The van der Waals surface area contributed by atoms with Gasteiger partial charge in [-0.3, -0.25) is 4.68 Å². The van der Waals surface area contributed by atoms with Crippen molar-refractivity contribution in [1.82, 2.24) is 15.1 Å². The molecule has 1 aromatic heterocycles. The van der Waals surface area contributed by atoms with Crippen molar-refractivity contribution in [3.8, 4) is 17.0 Å². The number of hydrogen-bond acceptors (Lipinski definition) is 3. The van der Waals surface area contributed by atoms with E-state index in [4.69, 9.17) is 16.3 Å². The van der Waals surface area contributed by atoms with Gasteiger partial charge in [-0.1, -0.05) is 18.5 Å². The van der Waals surface area contributed by atoms with Gasteiger partial charge in [-0.25, -0.2) is 0 Å². The van der Waals surface area contributed by atoms with Gasteiger partial charge in [-0.15, -0.1) is 0 Å². The molecule has 4 nitrogen and oxygen atoms in total. The molecule has 0 radical (unpaired) electrons. The third-order valence-corrected chi connectivity index (χ3v) is 4.60. The van der Waals surface area contributed by atoms with Crippen molar-refractivity contribution < 1.29 is 4.74 Å². The first-order chi connectivity index (χ1) is 11.1. The van der Waals surface area contributed by atoms with Gasteiger partial charge in [0.25, 0.3) is 0 Å². The molecular weight excluding hydrogens is 310 g/mol. The number of hydrogen-bond donors (Lipinski definition) is 1. The van der Waals surface area contributed by atoms with Gasteiger partial charge in [0.15, 0.2) is 0 Å². The first-order valence-corrected chi connectivity index (χ1v) is 8.67. The number of benzene rings is 1. The maximum Gasteiger partial charge on any atom is 0.132 e. The molecular formula is C18H24ClN3O. The Bertz CT molecular complexity index is 690. The zero-order valence-corrected chi connectivity index (χ0v) is 14.8. The second-order valence-electron chi connectivity index (χ2n) is 6.16. The van der Waals surface area contributed by atoms with Crippen molar-refractivity contribution in [3.05, 3.63) is 34.5 Å². The Morgan fingerprint density at radius 1 is 1.30 bits per heavy atom. The number of rotatable bonds is 4. The van der Waals surface area contributed by atoms with Crippen molar-refractivity contribution >= 4 is 11.6 Å². The summed E-state index contributed by atoms with van der Waals surface area (Å²) in [7, 11) is 1.97. The number of nitrogens with one attached hydrogen (secondary N) is 1. The van der Waals surface area contributed by atoms with Gasteiger partial charge in [0, 0.05) is 17.6 Å². The SMILES string of the molecule is CCc1cc(-c2cc(Cl)cc(C)c2OC2CCNCC2)n(C)n1. The van der Waals surface area contributed by atoms with Crippen LogP contribution in [0, 0.1) is 6.92 Å². The highest BCUT2D eigenvalue weighted by molar-refractivity contribution is 6.31. The lowest BCUT2D eigenvalue weighted by Crippen LogP contribution is -2.34. The Kier molecular flexibility index (Phi) is 4.93. The van der Waals surface area contributed by atoms with Crippen LogP contribution >= 0.6 is 11.6 Å². The Balaban J connectivity index is 2.02. The second-order valence-corrected chi connectivity index (χ2v) is 6.60. The lowest BCUT2D eigenvalue weighted by molar-refractivity contribution is 0.162. The average molecular weight is 334 g/mol. The van der Waals surface area contributed by atoms with Gasteiger partial charge < -0.3 is 10.1 Å². The monoisotopic (exact) mass is 333 g/mol. The molecule has 1 aliphatic heterocycles. The molecule has 0 unspecified atom stereocenters. The number of piperidine rings is 1. The molecule has 124 valence electrons. The van der Waals surface area contributed by atoms with Crippen molar-refractivity contribution in [2.24, 2.45) is 7.05 Å². The molecule has 3 rings (SSSR count). The highest BCUT2D eigenvalue weighted by Gasteiger charge is 2.20. The Hall–Kier alpha value is -1.52. The molecule has 1 aromatic carbocycles. The maximum absolute atomic E-state index is 6.38. The predicted octanol–water partition coefficient (Wildman–Crippen LogP) is 3.74. The number of aryl methyl sites for hydroxylation is 3. The van der Waals surface area contributed by atoms with E-state index >= 15 is 0 Å². The van der Waals surface area contributed by atoms with E-state index in [0.29, 0.717) is 0 Å². The van der Waals surface area contributed by atoms with E-state index in [-0.39, 0.29) is 6.10 Å². The smallest absolute Gasteiger partial charge is 0.132 e. The number of ether oxygens (including phenoxy) is 1. The third kappa shape index (κ3) is 3.54. The summed E-state index contributed by atoms with van der Waals surface area (Å²) in [6, 6.07) is 6.08. The molecule has 1 saturated heterocycles. The molecule has 2 heterocycles. The minimum absolute atomic E-state index is 0.258. The number of aromatic nitrogens is 2. The normalized spacial score (nSPS) is 15.8. The van der Waals surface area contributed by atoms with E-state index in [2.05, 4.69) is 30.3 Å². The van der Waals surface area contributed by atoms with Crippen molar-refractivity contribution in [2.45, 2.75) is 39.2 Å². The fraction of sp³-hybridized carbons (Fsp3) is 0.500. The predicted molar refractivity (Wildman–Crippen MR) is 94.3 cm³/mol. The summed E-state index contributed by atoms with van der Waals surface area (Å²) >= 11 is 6.31. The van der Waals surface area contributed by atoms with Gasteiger partial charge >= 0.3 is 0 Å². The summed E-state index contributed by atoms with van der Waals surface area (Å²) < 4.78 is 8.30. The van der Waals surface area contributed by atoms with Gasteiger partial charge in [0.05, 0.1) is 11.4 Å². The van der Waals surface area contributed by atoms with Crippen molar-refractivity contribution in [2.75, 3.05) is 13.1 Å². The zero-order chi connectivity index (χ0) is 16.4. The van der Waals surface area contributed by atoms with Gasteiger partial charge in [0.2, 0.25) is 0 Å². The van der Waals surface area contributed by atoms with E-state index in [1.165, 1.54) is 0 Å². The molecule has 23 heavy (non-hydrogen) atoms. The van der Waals surface area contributed by atoms with E-state index in [0.717, 1.165) is 65.6 Å². The largest absolute Gasteiger partial charge is 0.489 e. The Morgan fingerprint density at radius 2 is 2.04 bits per heavy atom. The van der Waals surface area contributed by atoms with E-state index in [1.807, 2.05) is 23.9 Å². The molecule has 0 aliphatic carbocycles. The van der Waals surface area contributed by atoms with Crippen LogP contribution in [0.4, 0.5) is 0 Å². The van der Waals surface area contributed by atoms with Crippen LogP contribution in [0.1, 0.15) is 31.0 Å². The van der Waals surface area contributed by atoms with Crippen LogP contribution in [-0.4, -0.2) is 29.0 Å². The van der Waals surface area contributed by atoms with Crippen LogP contribution in [0.5, 0.6) is 5.75 Å². The minimum Gasteiger partial charge on any atom is -0.489 e. The first kappa shape index (κ1) is 16.3. The molecule has 0 amide bonds. The molecule has 5 heteroatoms. The quantitative estimate of drug-likeness (QED) is 0.926. The lowest BCUT2D eigenvalue weighted by atomic mass is 10.0. The lowest BCUT2D eigenvalue weighted by Gasteiger charge is -2.26. The zero-order valence-electron chi connectivity index (χ0n) is 14.0. The van der Waals surface area contributed by atoms with Crippen LogP contribution in [0.15, 0.2) is 18.2 Å². The third-order valence-electron chi connectivity index (χ3n) is 4.38. The van der Waals surface area contributed by atoms with Crippen LogP contribution in [-0.2, 0) is 13.5 Å². The van der Waals surface area contributed by atoms with Crippen LogP contribution < -0.4 is 10.1 Å². The van der Waals surface area contributed by atoms with E-state index in [9.17, 15) is 0 Å². The summed E-state index contributed by atoms with van der Waals surface area (Å²) in [5.41, 5.74) is 4.23. The molecule has 2 aromatic rings. The Morgan fingerprint density at radius 3 is 2.70 bits per heavy atom. The van der Waals surface area contributed by atoms with Crippen molar-refractivity contribution in [3.63, 3.8) is 0 Å². The molecule has 1 N–H and O–H groups in total. The van der Waals surface area contributed by atoms with Crippen LogP contribution in [0.25, 0.3) is 11.3 Å².